The van der Waals surface area contributed by atoms with Gasteiger partial charge in [0.25, 0.3) is 0 Å². The molecule has 0 unspecified atom stereocenters. The standard InChI is InChI=1S/C3H7S.Al.H2O.H3Si/c1-2-3-4;;;/h4H,1-3H2;;1H2;1H3/q;+1;;/p-1. The molecule has 1 nitrogen and oxygen atoms in total. The number of thiol groups is 1. The topological polar surface area (TPSA) is 20.2 Å². The van der Waals surface area contributed by atoms with Gasteiger partial charge in [-0.3, -0.25) is 0 Å². The second kappa shape index (κ2) is 5.20. The zero-order chi connectivity index (χ0) is 5.70. The fourth-order valence-electron chi connectivity index (χ4n) is 0.387. The lowest BCUT2D eigenvalue weighted by molar-refractivity contribution is 0.589. The van der Waals surface area contributed by atoms with Crippen molar-refractivity contribution in [2.75, 3.05) is 5.75 Å². The van der Waals surface area contributed by atoms with Crippen LogP contribution in [0.15, 0.2) is 0 Å². The molecule has 0 aliphatic rings. The highest BCUT2D eigenvalue weighted by molar-refractivity contribution is 7.80. The van der Waals surface area contributed by atoms with Crippen molar-refractivity contribution in [3.63, 3.8) is 0 Å². The summed E-state index contributed by atoms with van der Waals surface area (Å²) in [6, 6.07) is 0. The van der Waals surface area contributed by atoms with Gasteiger partial charge in [0, 0.05) is 0 Å². The number of rotatable bonds is 3. The molecule has 0 radical (unpaired) electrons. The minimum absolute atomic E-state index is 0.937. The van der Waals surface area contributed by atoms with Crippen molar-refractivity contribution < 1.29 is 4.16 Å². The molecule has 0 aromatic rings. The predicted octanol–water partition coefficient (Wildman–Crippen LogP) is -0.848. The third-order valence-electron chi connectivity index (χ3n) is 0.780. The van der Waals surface area contributed by atoms with Gasteiger partial charge >= 0.3 is 13.8 Å². The minimum atomic E-state index is -1.10. The third-order valence-corrected chi connectivity index (χ3v) is 4.07. The summed E-state index contributed by atoms with van der Waals surface area (Å²) in [6.45, 7) is 0. The third kappa shape index (κ3) is 7.06. The Hall–Kier alpha value is 1.06. The van der Waals surface area contributed by atoms with Gasteiger partial charge in [-0.05, 0) is 14.6 Å². The normalized spacial score (nSPS) is 9.43. The highest BCUT2D eigenvalue weighted by Crippen LogP contribution is 1.92. The monoisotopic (exact) mass is 150 g/mol. The fourth-order valence-corrected chi connectivity index (χ4v) is 2.93. The van der Waals surface area contributed by atoms with Crippen LogP contribution in [-0.4, -0.2) is 32.5 Å². The first-order valence-corrected chi connectivity index (χ1v) is 9.14. The number of hydrogen-bond acceptors (Lipinski definition) is 2. The van der Waals surface area contributed by atoms with Crippen LogP contribution < -0.4 is 0 Å². The first-order valence-electron chi connectivity index (χ1n) is 2.56. The molecule has 0 spiro atoms. The molecule has 1 N–H and O–H groups in total. The maximum absolute atomic E-state index is 8.85. The molecule has 7 heavy (non-hydrogen) atoms. The van der Waals surface area contributed by atoms with Gasteiger partial charge in [-0.15, -0.1) is 0 Å². The van der Waals surface area contributed by atoms with Crippen LogP contribution in [0.3, 0.4) is 0 Å². The molecule has 0 aliphatic carbocycles. The molecular formula is C3H11AlOSSi. The largest absolute Gasteiger partial charge is 0.518 e. The molecule has 0 saturated heterocycles. The maximum atomic E-state index is 8.85. The van der Waals surface area contributed by atoms with E-state index >= 15 is 0 Å². The zero-order valence-electron chi connectivity index (χ0n) is 4.59. The molecule has 42 valence electrons. The van der Waals surface area contributed by atoms with E-state index in [0.717, 1.165) is 26.3 Å². The van der Waals surface area contributed by atoms with Crippen LogP contribution in [-0.2, 0) is 0 Å². The van der Waals surface area contributed by atoms with Crippen LogP contribution in [0.4, 0.5) is 0 Å². The Morgan fingerprint density at radius 3 is 2.43 bits per heavy atom. The molecule has 0 heterocycles. The maximum Gasteiger partial charge on any atom is 0.427 e. The van der Waals surface area contributed by atoms with Crippen molar-refractivity contribution in [2.45, 2.75) is 11.7 Å². The Labute approximate surface area is 57.1 Å². The second-order valence-electron chi connectivity index (χ2n) is 1.71. The van der Waals surface area contributed by atoms with E-state index in [0.29, 0.717) is 0 Å². The van der Waals surface area contributed by atoms with Gasteiger partial charge in [0.15, 0.2) is 0 Å². The second-order valence-corrected chi connectivity index (χ2v) is 8.44. The van der Waals surface area contributed by atoms with Crippen LogP contribution in [0.25, 0.3) is 0 Å². The van der Waals surface area contributed by atoms with Gasteiger partial charge in [0.2, 0.25) is 0 Å². The summed E-state index contributed by atoms with van der Waals surface area (Å²) in [5, 5.41) is 1.08. The van der Waals surface area contributed by atoms with Crippen LogP contribution in [0.1, 0.15) is 6.42 Å². The van der Waals surface area contributed by atoms with Crippen molar-refractivity contribution in [3.8, 4) is 0 Å². The van der Waals surface area contributed by atoms with Crippen molar-refractivity contribution in [1.82, 2.24) is 0 Å². The molecule has 4 heteroatoms. The van der Waals surface area contributed by atoms with Gasteiger partial charge in [0.1, 0.15) is 0 Å². The Morgan fingerprint density at radius 2 is 2.29 bits per heavy atom. The Morgan fingerprint density at radius 1 is 1.71 bits per heavy atom. The summed E-state index contributed by atoms with van der Waals surface area (Å²) < 4.78 is 8.85. The summed E-state index contributed by atoms with van der Waals surface area (Å²) in [7, 11) is 1.04. The van der Waals surface area contributed by atoms with E-state index in [1.165, 1.54) is 0 Å². The van der Waals surface area contributed by atoms with Crippen molar-refractivity contribution in [1.29, 1.82) is 0 Å². The highest BCUT2D eigenvalue weighted by Gasteiger charge is 2.03. The predicted molar refractivity (Wildman–Crippen MR) is 41.2 cm³/mol. The number of hydrogen-bond donors (Lipinski definition) is 2. The van der Waals surface area contributed by atoms with Crippen LogP contribution in [0.2, 0.25) is 5.28 Å². The quantitative estimate of drug-likeness (QED) is 0.397. The van der Waals surface area contributed by atoms with E-state index in [1.54, 1.807) is 0 Å². The van der Waals surface area contributed by atoms with Crippen molar-refractivity contribution in [2.24, 2.45) is 0 Å². The minimum Gasteiger partial charge on any atom is -0.518 e. The average Bonchev–Trinajstić information content (AvgIpc) is 1.61. The Bertz CT molecular complexity index is 43.9. The molecule has 0 aromatic carbocycles. The van der Waals surface area contributed by atoms with E-state index in [1.807, 2.05) is 0 Å². The molecule has 0 amide bonds. The molecule has 0 fully saturated rings. The Kier molecular flexibility index (Phi) is 5.99. The molecule has 0 saturated carbocycles. The first kappa shape index (κ1) is 8.06. The SMILES string of the molecule is [OH][Al]([SiH3])[CH2]CCS. The van der Waals surface area contributed by atoms with Gasteiger partial charge in [-0.1, -0.05) is 11.7 Å². The summed E-state index contributed by atoms with van der Waals surface area (Å²) in [5.74, 6) is 0.937. The van der Waals surface area contributed by atoms with Crippen molar-refractivity contribution >= 4 is 35.3 Å². The van der Waals surface area contributed by atoms with Crippen LogP contribution in [0, 0.1) is 0 Å². The van der Waals surface area contributed by atoms with E-state index in [4.69, 9.17) is 4.16 Å². The van der Waals surface area contributed by atoms with Gasteiger partial charge in [0.05, 0.1) is 0 Å². The summed E-state index contributed by atoms with van der Waals surface area (Å²) in [5.41, 5.74) is 0. The van der Waals surface area contributed by atoms with Gasteiger partial charge in [-0.25, -0.2) is 0 Å². The zero-order valence-corrected chi connectivity index (χ0v) is 8.64. The summed E-state index contributed by atoms with van der Waals surface area (Å²) in [6.07, 6.45) is 1.11. The summed E-state index contributed by atoms with van der Waals surface area (Å²) in [4.78, 5) is 0. The lowest BCUT2D eigenvalue weighted by Gasteiger charge is -1.91. The summed E-state index contributed by atoms with van der Waals surface area (Å²) >= 11 is 2.92. The average molecular weight is 150 g/mol. The molecule has 0 rings (SSSR count). The van der Waals surface area contributed by atoms with E-state index < -0.39 is 13.8 Å². The fraction of sp³-hybridized carbons (Fsp3) is 1.00. The van der Waals surface area contributed by atoms with Gasteiger partial charge < -0.3 is 4.16 Å². The van der Waals surface area contributed by atoms with Crippen molar-refractivity contribution in [3.05, 3.63) is 0 Å². The van der Waals surface area contributed by atoms with E-state index in [-0.39, 0.29) is 0 Å². The smallest absolute Gasteiger partial charge is 0.427 e. The first-order chi connectivity index (χ1) is 3.27. The van der Waals surface area contributed by atoms with Crippen LogP contribution >= 0.6 is 12.6 Å². The molecule has 0 aromatic heterocycles. The lowest BCUT2D eigenvalue weighted by Crippen LogP contribution is -2.10. The van der Waals surface area contributed by atoms with E-state index in [2.05, 4.69) is 12.6 Å². The van der Waals surface area contributed by atoms with Gasteiger partial charge in [-0.2, -0.15) is 12.6 Å². The molecule has 0 atom stereocenters. The van der Waals surface area contributed by atoms with Crippen LogP contribution in [0.5, 0.6) is 0 Å². The molecule has 0 aliphatic heterocycles. The lowest BCUT2D eigenvalue weighted by atomic mass is 10.6. The highest BCUT2D eigenvalue weighted by atomic mass is 32.1. The Balaban J connectivity index is 2.68. The molecule has 0 bridgehead atoms. The molecular weight excluding hydrogens is 139 g/mol. The van der Waals surface area contributed by atoms with E-state index in [9.17, 15) is 0 Å².